The number of rotatable bonds is 2. The predicted molar refractivity (Wildman–Crippen MR) is 72.2 cm³/mol. The smallest absolute Gasteiger partial charge is 0.306 e. The predicted octanol–water partition coefficient (Wildman–Crippen LogP) is 2.74. The number of carbonyl (C=O) groups is 1. The number of hydrogen-bond acceptors (Lipinski definition) is 4. The van der Waals surface area contributed by atoms with E-state index >= 15 is 0 Å². The topological polar surface area (TPSA) is 53.4 Å². The van der Waals surface area contributed by atoms with Gasteiger partial charge in [0, 0.05) is 13.1 Å². The molecule has 1 aliphatic heterocycles. The van der Waals surface area contributed by atoms with Crippen molar-refractivity contribution in [3.05, 3.63) is 24.0 Å². The summed E-state index contributed by atoms with van der Waals surface area (Å²) in [5.41, 5.74) is 0.793. The molecule has 0 bridgehead atoms. The van der Waals surface area contributed by atoms with Gasteiger partial charge in [0.05, 0.1) is 16.1 Å². The maximum absolute atomic E-state index is 13.1. The van der Waals surface area contributed by atoms with Crippen LogP contribution in [0.2, 0.25) is 0 Å². The lowest BCUT2D eigenvalue weighted by molar-refractivity contribution is -0.142. The maximum Gasteiger partial charge on any atom is 0.306 e. The second-order valence-electron chi connectivity index (χ2n) is 4.71. The van der Waals surface area contributed by atoms with Gasteiger partial charge in [-0.3, -0.25) is 4.79 Å². The lowest BCUT2D eigenvalue weighted by Crippen LogP contribution is -2.36. The van der Waals surface area contributed by atoms with Crippen molar-refractivity contribution in [1.82, 2.24) is 4.98 Å². The zero-order chi connectivity index (χ0) is 13.4. The van der Waals surface area contributed by atoms with E-state index in [0.29, 0.717) is 25.9 Å². The number of anilines is 1. The molecule has 4 nitrogen and oxygen atoms in total. The molecule has 1 aromatic heterocycles. The molecular formula is C13H13FN2O2S. The van der Waals surface area contributed by atoms with Crippen molar-refractivity contribution >= 4 is 32.7 Å². The van der Waals surface area contributed by atoms with Gasteiger partial charge in [0.25, 0.3) is 0 Å². The van der Waals surface area contributed by atoms with E-state index in [9.17, 15) is 9.18 Å². The Hall–Kier alpha value is -1.69. The van der Waals surface area contributed by atoms with Crippen molar-refractivity contribution in [3.63, 3.8) is 0 Å². The first-order valence-corrected chi connectivity index (χ1v) is 6.99. The molecule has 0 radical (unpaired) electrons. The number of halogens is 1. The fourth-order valence-corrected chi connectivity index (χ4v) is 3.38. The first-order chi connectivity index (χ1) is 9.13. The summed E-state index contributed by atoms with van der Waals surface area (Å²) < 4.78 is 14.0. The molecule has 19 heavy (non-hydrogen) atoms. The molecule has 2 heterocycles. The van der Waals surface area contributed by atoms with E-state index in [1.54, 1.807) is 6.07 Å². The van der Waals surface area contributed by atoms with Gasteiger partial charge in [-0.2, -0.15) is 0 Å². The number of benzene rings is 1. The Morgan fingerprint density at radius 1 is 1.42 bits per heavy atom. The van der Waals surface area contributed by atoms with Crippen LogP contribution < -0.4 is 4.90 Å². The van der Waals surface area contributed by atoms with Crippen LogP contribution in [0, 0.1) is 11.7 Å². The van der Waals surface area contributed by atoms with Crippen LogP contribution in [0.5, 0.6) is 0 Å². The molecule has 6 heteroatoms. The van der Waals surface area contributed by atoms with E-state index in [-0.39, 0.29) is 11.7 Å². The number of nitrogens with zero attached hydrogens (tertiary/aromatic N) is 2. The number of carboxylic acids is 1. The Labute approximate surface area is 113 Å². The van der Waals surface area contributed by atoms with Gasteiger partial charge < -0.3 is 10.0 Å². The zero-order valence-electron chi connectivity index (χ0n) is 10.2. The minimum Gasteiger partial charge on any atom is -0.481 e. The van der Waals surface area contributed by atoms with Gasteiger partial charge in [0.15, 0.2) is 5.13 Å². The number of aromatic nitrogens is 1. The SMILES string of the molecule is O=C(O)C1CCN(c2nc3ccc(F)cc3s2)CC1. The molecule has 1 N–H and O–H groups in total. The molecule has 1 aromatic carbocycles. The van der Waals surface area contributed by atoms with Gasteiger partial charge in [-0.05, 0) is 31.0 Å². The summed E-state index contributed by atoms with van der Waals surface area (Å²) in [5, 5.41) is 9.82. The highest BCUT2D eigenvalue weighted by Crippen LogP contribution is 2.31. The molecule has 0 amide bonds. The normalized spacial score (nSPS) is 17.0. The number of aliphatic carboxylic acids is 1. The van der Waals surface area contributed by atoms with Crippen LogP contribution in [-0.4, -0.2) is 29.1 Å². The van der Waals surface area contributed by atoms with Crippen molar-refractivity contribution in [2.24, 2.45) is 5.92 Å². The quantitative estimate of drug-likeness (QED) is 0.919. The molecule has 0 unspecified atom stereocenters. The van der Waals surface area contributed by atoms with Gasteiger partial charge in [0.2, 0.25) is 0 Å². The molecule has 1 aliphatic rings. The summed E-state index contributed by atoms with van der Waals surface area (Å²) in [6.45, 7) is 1.39. The Bertz CT molecular complexity index is 620. The second kappa shape index (κ2) is 4.77. The van der Waals surface area contributed by atoms with E-state index in [0.717, 1.165) is 15.3 Å². The van der Waals surface area contributed by atoms with Crippen LogP contribution in [0.3, 0.4) is 0 Å². The van der Waals surface area contributed by atoms with Gasteiger partial charge in [-0.15, -0.1) is 0 Å². The summed E-state index contributed by atoms with van der Waals surface area (Å²) >= 11 is 1.45. The highest BCUT2D eigenvalue weighted by molar-refractivity contribution is 7.22. The van der Waals surface area contributed by atoms with Gasteiger partial charge in [0.1, 0.15) is 5.82 Å². The summed E-state index contributed by atoms with van der Waals surface area (Å²) in [5.74, 6) is -1.22. The number of carboxylic acid groups (broad SMARTS) is 1. The van der Waals surface area contributed by atoms with E-state index < -0.39 is 5.97 Å². The van der Waals surface area contributed by atoms with Crippen LogP contribution >= 0.6 is 11.3 Å². The Balaban J connectivity index is 1.80. The van der Waals surface area contributed by atoms with Gasteiger partial charge in [-0.25, -0.2) is 9.37 Å². The van der Waals surface area contributed by atoms with Crippen LogP contribution in [-0.2, 0) is 4.79 Å². The molecule has 100 valence electrons. The lowest BCUT2D eigenvalue weighted by Gasteiger charge is -2.29. The van der Waals surface area contributed by atoms with Crippen molar-refractivity contribution in [3.8, 4) is 0 Å². The van der Waals surface area contributed by atoms with Crippen LogP contribution in [0.15, 0.2) is 18.2 Å². The van der Waals surface area contributed by atoms with E-state index in [1.165, 1.54) is 23.5 Å². The number of fused-ring (bicyclic) bond motifs is 1. The number of piperidine rings is 1. The average Bonchev–Trinajstić information content (AvgIpc) is 2.81. The van der Waals surface area contributed by atoms with Crippen LogP contribution in [0.4, 0.5) is 9.52 Å². The second-order valence-corrected chi connectivity index (χ2v) is 5.72. The van der Waals surface area contributed by atoms with Crippen LogP contribution in [0.1, 0.15) is 12.8 Å². The van der Waals surface area contributed by atoms with E-state index in [2.05, 4.69) is 9.88 Å². The molecule has 2 aromatic rings. The van der Waals surface area contributed by atoms with Crippen molar-refractivity contribution in [2.45, 2.75) is 12.8 Å². The van der Waals surface area contributed by atoms with Crippen LogP contribution in [0.25, 0.3) is 10.2 Å². The monoisotopic (exact) mass is 280 g/mol. The molecular weight excluding hydrogens is 267 g/mol. The summed E-state index contributed by atoms with van der Waals surface area (Å²) in [4.78, 5) is 17.5. The highest BCUT2D eigenvalue weighted by Gasteiger charge is 2.25. The Morgan fingerprint density at radius 2 is 2.16 bits per heavy atom. The standard InChI is InChI=1S/C13H13FN2O2S/c14-9-1-2-10-11(7-9)19-13(15-10)16-5-3-8(4-6-16)12(17)18/h1-2,7-8H,3-6H2,(H,17,18). The summed E-state index contributed by atoms with van der Waals surface area (Å²) in [6.07, 6.45) is 1.28. The van der Waals surface area contributed by atoms with Gasteiger partial charge in [-0.1, -0.05) is 11.3 Å². The fraction of sp³-hybridized carbons (Fsp3) is 0.385. The highest BCUT2D eigenvalue weighted by atomic mass is 32.1. The van der Waals surface area contributed by atoms with E-state index in [4.69, 9.17) is 5.11 Å². The summed E-state index contributed by atoms with van der Waals surface area (Å²) in [7, 11) is 0. The summed E-state index contributed by atoms with van der Waals surface area (Å²) in [6, 6.07) is 4.57. The third kappa shape index (κ3) is 2.40. The third-order valence-electron chi connectivity index (χ3n) is 3.45. The fourth-order valence-electron chi connectivity index (χ4n) is 2.34. The van der Waals surface area contributed by atoms with Crippen molar-refractivity contribution < 1.29 is 14.3 Å². The molecule has 0 saturated carbocycles. The van der Waals surface area contributed by atoms with Crippen molar-refractivity contribution in [2.75, 3.05) is 18.0 Å². The lowest BCUT2D eigenvalue weighted by atomic mass is 9.98. The minimum absolute atomic E-state index is 0.247. The Kier molecular flexibility index (Phi) is 3.10. The largest absolute Gasteiger partial charge is 0.481 e. The first-order valence-electron chi connectivity index (χ1n) is 6.17. The number of thiazole rings is 1. The number of hydrogen-bond donors (Lipinski definition) is 1. The molecule has 0 aliphatic carbocycles. The average molecular weight is 280 g/mol. The van der Waals surface area contributed by atoms with Gasteiger partial charge >= 0.3 is 5.97 Å². The zero-order valence-corrected chi connectivity index (χ0v) is 11.0. The van der Waals surface area contributed by atoms with Crippen molar-refractivity contribution in [1.29, 1.82) is 0 Å². The molecule has 1 saturated heterocycles. The van der Waals surface area contributed by atoms with E-state index in [1.807, 2.05) is 0 Å². The first kappa shape index (κ1) is 12.3. The Morgan fingerprint density at radius 3 is 2.84 bits per heavy atom. The molecule has 0 spiro atoms. The third-order valence-corrected chi connectivity index (χ3v) is 4.53. The molecule has 3 rings (SSSR count). The maximum atomic E-state index is 13.1. The minimum atomic E-state index is -0.717. The molecule has 1 fully saturated rings. The molecule has 0 atom stereocenters.